The first-order valence-corrected chi connectivity index (χ1v) is 13.5. The zero-order valence-electron chi connectivity index (χ0n) is 23.1. The molecule has 17 heteroatoms. The van der Waals surface area contributed by atoms with Crippen molar-refractivity contribution < 1.29 is 45.1 Å². The van der Waals surface area contributed by atoms with Crippen LogP contribution in [0.25, 0.3) is 0 Å². The van der Waals surface area contributed by atoms with Crippen molar-refractivity contribution in [3.63, 3.8) is 0 Å². The highest BCUT2D eigenvalue weighted by Crippen LogP contribution is 2.41. The van der Waals surface area contributed by atoms with Gasteiger partial charge in [-0.15, -0.1) is 0 Å². The van der Waals surface area contributed by atoms with Gasteiger partial charge in [-0.05, 0) is 54.1 Å². The number of benzene rings is 2. The van der Waals surface area contributed by atoms with Crippen LogP contribution in [-0.4, -0.2) is 32.1 Å². The van der Waals surface area contributed by atoms with Crippen molar-refractivity contribution in [2.45, 2.75) is 31.7 Å². The molecule has 0 saturated carbocycles. The molecule has 46 heavy (non-hydrogen) atoms. The van der Waals surface area contributed by atoms with Gasteiger partial charge in [-0.2, -0.15) is 27.1 Å². The van der Waals surface area contributed by atoms with E-state index < -0.39 is 65.7 Å². The topological polar surface area (TPSA) is 110 Å². The second-order valence-electron chi connectivity index (χ2n) is 10.0. The lowest BCUT2D eigenvalue weighted by Crippen LogP contribution is -2.29. The average Bonchev–Trinajstić information content (AvgIpc) is 3.55. The zero-order valence-corrected chi connectivity index (χ0v) is 23.8. The highest BCUT2D eigenvalue weighted by molar-refractivity contribution is 6.31. The van der Waals surface area contributed by atoms with Crippen LogP contribution in [0.5, 0.6) is 0 Å². The van der Waals surface area contributed by atoms with Crippen LogP contribution in [0.1, 0.15) is 55.8 Å². The van der Waals surface area contributed by atoms with Crippen LogP contribution < -0.4 is 16.0 Å². The van der Waals surface area contributed by atoms with Crippen molar-refractivity contribution in [1.29, 1.82) is 0 Å². The van der Waals surface area contributed by atoms with Crippen molar-refractivity contribution in [1.82, 2.24) is 25.0 Å². The molecule has 1 atom stereocenters. The Hall–Kier alpha value is -5.12. The summed E-state index contributed by atoms with van der Waals surface area (Å²) in [4.78, 5) is 39.6. The molecular weight excluding hydrogens is 649 g/mol. The number of carbonyl (C=O) groups is 3. The third-order valence-corrected chi connectivity index (χ3v) is 7.24. The molecule has 2 aromatic heterocycles. The summed E-state index contributed by atoms with van der Waals surface area (Å²) in [6.07, 6.45) is -3.99. The van der Waals surface area contributed by atoms with Gasteiger partial charge in [-0.25, -0.2) is 13.5 Å². The number of alkyl halides is 5. The number of hydrogen-bond acceptors (Lipinski definition) is 4. The summed E-state index contributed by atoms with van der Waals surface area (Å²) in [7, 11) is 0. The number of nitrogens with zero attached hydrogens (tertiary/aromatic N) is 3. The molecule has 1 aliphatic rings. The largest absolute Gasteiger partial charge is 0.416 e. The summed E-state index contributed by atoms with van der Waals surface area (Å²) in [6.45, 7) is 0.00538. The second-order valence-corrected chi connectivity index (χ2v) is 10.4. The van der Waals surface area contributed by atoms with Crippen LogP contribution in [0.4, 0.5) is 36.4 Å². The highest BCUT2D eigenvalue weighted by atomic mass is 35.5. The number of amides is 3. The Bertz CT molecular complexity index is 1880. The van der Waals surface area contributed by atoms with Crippen LogP contribution in [0.3, 0.4) is 0 Å². The summed E-state index contributed by atoms with van der Waals surface area (Å²) in [5.74, 6) is -6.13. The maximum atomic E-state index is 14.4. The zero-order chi connectivity index (χ0) is 33.5. The number of halogens is 8. The number of allylic oxidation sites excluding steroid dienone is 1. The maximum Gasteiger partial charge on any atom is 0.416 e. The Labute approximate surface area is 259 Å². The molecule has 0 aliphatic carbocycles. The molecule has 2 aromatic carbocycles. The molecule has 0 bridgehead atoms. The van der Waals surface area contributed by atoms with E-state index in [-0.39, 0.29) is 51.7 Å². The average molecular weight is 669 g/mol. The summed E-state index contributed by atoms with van der Waals surface area (Å²) < 4.78 is 96.0. The maximum absolute atomic E-state index is 14.4. The van der Waals surface area contributed by atoms with Gasteiger partial charge in [0.1, 0.15) is 23.9 Å². The van der Waals surface area contributed by atoms with Crippen molar-refractivity contribution in [2.24, 2.45) is 0 Å². The lowest BCUT2D eigenvalue weighted by atomic mass is 9.91. The van der Waals surface area contributed by atoms with Crippen LogP contribution in [0, 0.1) is 11.6 Å². The van der Waals surface area contributed by atoms with E-state index in [1.165, 1.54) is 12.1 Å². The molecule has 0 spiro atoms. The van der Waals surface area contributed by atoms with Gasteiger partial charge in [0.15, 0.2) is 0 Å². The minimum atomic E-state index is -4.98. The first-order valence-electron chi connectivity index (χ1n) is 13.1. The molecule has 0 radical (unpaired) electrons. The predicted octanol–water partition coefficient (Wildman–Crippen LogP) is 5.99. The van der Waals surface area contributed by atoms with Crippen LogP contribution in [-0.2, 0) is 24.1 Å². The van der Waals surface area contributed by atoms with Gasteiger partial charge in [0.2, 0.25) is 5.91 Å². The van der Waals surface area contributed by atoms with Gasteiger partial charge in [-0.1, -0.05) is 18.2 Å². The summed E-state index contributed by atoms with van der Waals surface area (Å²) >= 11 is 6.39. The number of carbonyl (C=O) groups excluding carboxylic acids is 3. The van der Waals surface area contributed by atoms with Crippen molar-refractivity contribution in [2.75, 3.05) is 5.32 Å². The standard InChI is InChI=1S/C29H20ClF7N6O3/c1-13-24(19-9-16(31)2-3-20(19)30)25-21(40-26(45)14-6-15(29(35,36)37)8-17(32)7-14)10-22(42(25)12-23(44)39-13)27(46)38-11-18-4-5-43(41-18)28(33)34/h2-10,24,28H,1,11-12H2,(H,38,46)(H,39,44)(H,40,45)/t24-/m1/s1. The molecule has 1 aliphatic heterocycles. The number of fused-ring (bicyclic) bond motifs is 1. The monoisotopic (exact) mass is 668 g/mol. The lowest BCUT2D eigenvalue weighted by molar-refractivity contribution is -0.137. The number of hydrogen-bond donors (Lipinski definition) is 3. The molecule has 3 amide bonds. The SMILES string of the molecule is C=C1NC(=O)Cn2c(C(=O)NCc3ccn(C(F)F)n3)cc(NC(=O)c3cc(F)cc(C(F)(F)F)c3)c2[C@H]1c1cc(F)ccc1Cl. The minimum absolute atomic E-state index is 0.00528. The Morgan fingerprint density at radius 1 is 1.07 bits per heavy atom. The number of rotatable bonds is 7. The van der Waals surface area contributed by atoms with Crippen LogP contribution in [0.15, 0.2) is 67.0 Å². The van der Waals surface area contributed by atoms with Crippen molar-refractivity contribution in [3.05, 3.63) is 117 Å². The van der Waals surface area contributed by atoms with Crippen LogP contribution >= 0.6 is 11.6 Å². The number of aromatic nitrogens is 3. The normalized spacial score (nSPS) is 14.9. The van der Waals surface area contributed by atoms with E-state index in [4.69, 9.17) is 11.6 Å². The summed E-state index contributed by atoms with van der Waals surface area (Å²) in [5, 5.41) is 11.0. The predicted molar refractivity (Wildman–Crippen MR) is 149 cm³/mol. The van der Waals surface area contributed by atoms with E-state index in [2.05, 4.69) is 27.6 Å². The van der Waals surface area contributed by atoms with E-state index in [1.807, 2.05) is 0 Å². The molecule has 4 aromatic rings. The third kappa shape index (κ3) is 6.61. The summed E-state index contributed by atoms with van der Waals surface area (Å²) in [5.41, 5.74) is -2.70. The highest BCUT2D eigenvalue weighted by Gasteiger charge is 2.36. The smallest absolute Gasteiger partial charge is 0.345 e. The molecule has 9 nitrogen and oxygen atoms in total. The third-order valence-electron chi connectivity index (χ3n) is 6.89. The molecule has 240 valence electrons. The Morgan fingerprint density at radius 2 is 1.80 bits per heavy atom. The number of anilines is 1. The molecule has 3 N–H and O–H groups in total. The number of nitrogens with one attached hydrogen (secondary N) is 3. The minimum Gasteiger partial charge on any atom is -0.345 e. The lowest BCUT2D eigenvalue weighted by Gasteiger charge is -2.22. The molecular formula is C29H20ClF7N6O3. The van der Waals surface area contributed by atoms with Gasteiger partial charge in [-0.3, -0.25) is 14.4 Å². The molecule has 0 fully saturated rings. The fraction of sp³-hybridized carbons (Fsp3) is 0.172. The Kier molecular flexibility index (Phi) is 8.66. The van der Waals surface area contributed by atoms with Crippen molar-refractivity contribution >= 4 is 35.0 Å². The fourth-order valence-corrected chi connectivity index (χ4v) is 5.15. The van der Waals surface area contributed by atoms with Gasteiger partial charge in [0, 0.05) is 22.5 Å². The fourth-order valence-electron chi connectivity index (χ4n) is 4.92. The Morgan fingerprint density at radius 3 is 2.48 bits per heavy atom. The van der Waals surface area contributed by atoms with Crippen molar-refractivity contribution in [3.8, 4) is 0 Å². The van der Waals surface area contributed by atoms with E-state index in [1.54, 1.807) is 0 Å². The molecule has 0 unspecified atom stereocenters. The molecule has 0 saturated heterocycles. The van der Waals surface area contributed by atoms with Gasteiger partial charge in [0.05, 0.1) is 35.1 Å². The van der Waals surface area contributed by atoms with E-state index in [9.17, 15) is 45.1 Å². The quantitative estimate of drug-likeness (QED) is 0.210. The second kappa shape index (κ2) is 12.3. The van der Waals surface area contributed by atoms with E-state index in [0.717, 1.165) is 29.0 Å². The van der Waals surface area contributed by atoms with Gasteiger partial charge < -0.3 is 20.5 Å². The van der Waals surface area contributed by atoms with Gasteiger partial charge >= 0.3 is 12.7 Å². The van der Waals surface area contributed by atoms with E-state index in [0.29, 0.717) is 16.8 Å². The van der Waals surface area contributed by atoms with Gasteiger partial charge in [0.25, 0.3) is 11.8 Å². The summed E-state index contributed by atoms with van der Waals surface area (Å²) in [6, 6.07) is 6.82. The van der Waals surface area contributed by atoms with Crippen LogP contribution in [0.2, 0.25) is 5.02 Å². The molecule has 3 heterocycles. The van der Waals surface area contributed by atoms with E-state index >= 15 is 0 Å². The Balaban J connectivity index is 1.62. The first-order chi connectivity index (χ1) is 21.6. The molecule has 5 rings (SSSR count). The first kappa shape index (κ1) is 32.3.